The van der Waals surface area contributed by atoms with Crippen LogP contribution >= 0.6 is 0 Å². The van der Waals surface area contributed by atoms with Crippen LogP contribution in [0.2, 0.25) is 0 Å². The molecule has 3 rings (SSSR count). The zero-order valence-corrected chi connectivity index (χ0v) is 12.7. The number of anilines is 1. The number of fused-ring (bicyclic) bond motifs is 1. The summed E-state index contributed by atoms with van der Waals surface area (Å²) >= 11 is 0. The molecule has 0 bridgehead atoms. The molecule has 2 aromatic carbocycles. The number of para-hydroxylation sites is 1. The van der Waals surface area contributed by atoms with Crippen molar-refractivity contribution in [3.05, 3.63) is 65.9 Å². The molecular formula is C18H18N2O2. The third kappa shape index (κ3) is 2.81. The largest absolute Gasteiger partial charge is 0.417 e. The highest BCUT2D eigenvalue weighted by Crippen LogP contribution is 2.21. The quantitative estimate of drug-likeness (QED) is 0.803. The van der Waals surface area contributed by atoms with E-state index < -0.39 is 0 Å². The van der Waals surface area contributed by atoms with Gasteiger partial charge in [-0.3, -0.25) is 4.79 Å². The second-order valence-electron chi connectivity index (χ2n) is 5.27. The fraction of sp³-hybridized carbons (Fsp3) is 0.167. The molecule has 0 spiro atoms. The van der Waals surface area contributed by atoms with Crippen LogP contribution in [0.5, 0.6) is 0 Å². The van der Waals surface area contributed by atoms with Gasteiger partial charge < -0.3 is 10.2 Å². The molecule has 1 aromatic heterocycles. The first-order chi connectivity index (χ1) is 10.7. The van der Waals surface area contributed by atoms with E-state index in [-0.39, 0.29) is 5.91 Å². The number of benzene rings is 2. The molecule has 22 heavy (non-hydrogen) atoms. The van der Waals surface area contributed by atoms with Crippen LogP contribution in [0.4, 0.5) is 5.69 Å². The molecule has 4 heteroatoms. The molecule has 4 nitrogen and oxygen atoms in total. The Morgan fingerprint density at radius 3 is 2.59 bits per heavy atom. The lowest BCUT2D eigenvalue weighted by Gasteiger charge is -2.05. The summed E-state index contributed by atoms with van der Waals surface area (Å²) in [5.74, 6) is -0.0390. The van der Waals surface area contributed by atoms with Crippen LogP contribution in [-0.4, -0.2) is 17.7 Å². The Labute approximate surface area is 129 Å². The Kier molecular flexibility index (Phi) is 3.83. The molecule has 0 fully saturated rings. The van der Waals surface area contributed by atoms with Crippen LogP contribution in [0.3, 0.4) is 0 Å². The van der Waals surface area contributed by atoms with Crippen molar-refractivity contribution in [3.8, 4) is 0 Å². The molecule has 112 valence electrons. The highest BCUT2D eigenvalue weighted by molar-refractivity contribution is 5.95. The molecule has 0 aliphatic carbocycles. The second kappa shape index (κ2) is 5.93. The first-order valence-electron chi connectivity index (χ1n) is 7.17. The molecule has 1 N–H and O–H groups in total. The summed E-state index contributed by atoms with van der Waals surface area (Å²) in [6.07, 6.45) is 2.17. The number of carbonyl (C=O) groups excluding carboxylic acids is 1. The molecular weight excluding hydrogens is 276 g/mol. The van der Waals surface area contributed by atoms with E-state index >= 15 is 0 Å². The van der Waals surface area contributed by atoms with E-state index in [0.717, 1.165) is 22.2 Å². The van der Waals surface area contributed by atoms with E-state index in [4.69, 9.17) is 4.84 Å². The number of rotatable bonds is 4. The minimum Gasteiger partial charge on any atom is -0.417 e. The van der Waals surface area contributed by atoms with Gasteiger partial charge in [-0.15, -0.1) is 0 Å². The smallest absolute Gasteiger partial charge is 0.228 e. The lowest BCUT2D eigenvalue weighted by Crippen LogP contribution is -2.14. The van der Waals surface area contributed by atoms with Crippen molar-refractivity contribution in [1.82, 2.24) is 4.73 Å². The SMILES string of the molecule is COn1cc(CC(=O)Nc2ccc(C)cc2)c2ccccc21. The van der Waals surface area contributed by atoms with Crippen LogP contribution in [0.25, 0.3) is 10.9 Å². The number of amides is 1. The third-order valence-corrected chi connectivity index (χ3v) is 3.64. The zero-order chi connectivity index (χ0) is 15.5. The summed E-state index contributed by atoms with van der Waals surface area (Å²) in [5, 5.41) is 3.95. The first-order valence-corrected chi connectivity index (χ1v) is 7.17. The van der Waals surface area contributed by atoms with Crippen LogP contribution in [0.15, 0.2) is 54.7 Å². The van der Waals surface area contributed by atoms with Gasteiger partial charge >= 0.3 is 0 Å². The van der Waals surface area contributed by atoms with E-state index in [1.54, 1.807) is 11.8 Å². The van der Waals surface area contributed by atoms with Crippen LogP contribution < -0.4 is 10.2 Å². The number of aromatic nitrogens is 1. The van der Waals surface area contributed by atoms with Gasteiger partial charge in [0.05, 0.1) is 11.9 Å². The fourth-order valence-corrected chi connectivity index (χ4v) is 2.52. The molecule has 1 heterocycles. The lowest BCUT2D eigenvalue weighted by molar-refractivity contribution is -0.115. The summed E-state index contributed by atoms with van der Waals surface area (Å²) in [7, 11) is 1.61. The van der Waals surface area contributed by atoms with Crippen LogP contribution in [0, 0.1) is 6.92 Å². The molecule has 0 aliphatic heterocycles. The van der Waals surface area contributed by atoms with E-state index in [9.17, 15) is 4.79 Å². The average molecular weight is 294 g/mol. The Morgan fingerprint density at radius 1 is 1.14 bits per heavy atom. The molecule has 0 unspecified atom stereocenters. The predicted octanol–water partition coefficient (Wildman–Crippen LogP) is 3.19. The summed E-state index contributed by atoms with van der Waals surface area (Å²) < 4.78 is 1.68. The Balaban J connectivity index is 1.80. The maximum atomic E-state index is 12.2. The van der Waals surface area contributed by atoms with Crippen molar-refractivity contribution in [1.29, 1.82) is 0 Å². The van der Waals surface area contributed by atoms with Crippen molar-refractivity contribution in [2.24, 2.45) is 0 Å². The number of aryl methyl sites for hydroxylation is 1. The van der Waals surface area contributed by atoms with Gasteiger partial charge in [0.1, 0.15) is 7.11 Å². The topological polar surface area (TPSA) is 43.3 Å². The molecule has 0 aliphatic rings. The van der Waals surface area contributed by atoms with Crippen molar-refractivity contribution in [2.75, 3.05) is 12.4 Å². The lowest BCUT2D eigenvalue weighted by atomic mass is 10.1. The third-order valence-electron chi connectivity index (χ3n) is 3.64. The molecule has 0 radical (unpaired) electrons. The highest BCUT2D eigenvalue weighted by atomic mass is 16.6. The molecule has 0 saturated carbocycles. The zero-order valence-electron chi connectivity index (χ0n) is 12.7. The molecule has 1 amide bonds. The maximum absolute atomic E-state index is 12.2. The van der Waals surface area contributed by atoms with E-state index in [0.29, 0.717) is 6.42 Å². The normalized spacial score (nSPS) is 10.6. The monoisotopic (exact) mass is 294 g/mol. The van der Waals surface area contributed by atoms with Gasteiger partial charge in [0.25, 0.3) is 0 Å². The Hall–Kier alpha value is -2.75. The van der Waals surface area contributed by atoms with Crippen LogP contribution in [-0.2, 0) is 11.2 Å². The number of nitrogens with one attached hydrogen (secondary N) is 1. The van der Waals surface area contributed by atoms with E-state index in [1.807, 2.05) is 61.7 Å². The van der Waals surface area contributed by atoms with Gasteiger partial charge in [-0.25, -0.2) is 0 Å². The number of hydrogen-bond acceptors (Lipinski definition) is 2. The van der Waals surface area contributed by atoms with Gasteiger partial charge in [-0.2, -0.15) is 4.73 Å². The van der Waals surface area contributed by atoms with Crippen molar-refractivity contribution in [2.45, 2.75) is 13.3 Å². The minimum atomic E-state index is -0.0390. The average Bonchev–Trinajstić information content (AvgIpc) is 2.88. The predicted molar refractivity (Wildman–Crippen MR) is 88.0 cm³/mol. The number of nitrogens with zero attached hydrogens (tertiary/aromatic N) is 1. The van der Waals surface area contributed by atoms with Gasteiger partial charge in [0.2, 0.25) is 5.91 Å². The van der Waals surface area contributed by atoms with E-state index in [2.05, 4.69) is 5.32 Å². The molecule has 0 atom stereocenters. The first kappa shape index (κ1) is 14.2. The van der Waals surface area contributed by atoms with E-state index in [1.165, 1.54) is 5.56 Å². The maximum Gasteiger partial charge on any atom is 0.228 e. The van der Waals surface area contributed by atoms with Gasteiger partial charge in [-0.1, -0.05) is 35.9 Å². The minimum absolute atomic E-state index is 0.0390. The Morgan fingerprint density at radius 2 is 1.86 bits per heavy atom. The second-order valence-corrected chi connectivity index (χ2v) is 5.27. The van der Waals surface area contributed by atoms with Crippen molar-refractivity contribution >= 4 is 22.5 Å². The molecule has 3 aromatic rings. The van der Waals surface area contributed by atoms with Crippen LogP contribution in [0.1, 0.15) is 11.1 Å². The Bertz CT molecular complexity index is 804. The fourth-order valence-electron chi connectivity index (χ4n) is 2.52. The van der Waals surface area contributed by atoms with Gasteiger partial charge in [-0.05, 0) is 30.7 Å². The standard InChI is InChI=1S/C18H18N2O2/c1-13-7-9-15(10-8-13)19-18(21)11-14-12-20(22-2)17-6-4-3-5-16(14)17/h3-10,12H,11H2,1-2H3,(H,19,21). The van der Waals surface area contributed by atoms with Gasteiger partial charge in [0.15, 0.2) is 0 Å². The summed E-state index contributed by atoms with van der Waals surface area (Å²) in [6, 6.07) is 15.7. The van der Waals surface area contributed by atoms with Crippen molar-refractivity contribution in [3.63, 3.8) is 0 Å². The number of carbonyl (C=O) groups is 1. The van der Waals surface area contributed by atoms with Gasteiger partial charge in [0, 0.05) is 17.3 Å². The number of hydrogen-bond donors (Lipinski definition) is 1. The molecule has 0 saturated heterocycles. The summed E-state index contributed by atoms with van der Waals surface area (Å²) in [6.45, 7) is 2.02. The highest BCUT2D eigenvalue weighted by Gasteiger charge is 2.12. The summed E-state index contributed by atoms with van der Waals surface area (Å²) in [5.41, 5.74) is 3.89. The van der Waals surface area contributed by atoms with Crippen molar-refractivity contribution < 1.29 is 9.63 Å². The summed E-state index contributed by atoms with van der Waals surface area (Å²) in [4.78, 5) is 17.6.